The molecule has 1 fully saturated rings. The Morgan fingerprint density at radius 3 is 2.82 bits per heavy atom. The molecular formula is C16H14ClNO4. The standard InChI is InChI=1S/C16H14ClNO4/c17-10-3-1-2-9(6-10)12-7-13(12)15(19)18-8-11-4-5-14(22-11)16(20)21/h1-6,12-13H,7-8H2,(H,18,19)(H,20,21)/t12-,13-/m1/s1. The summed E-state index contributed by atoms with van der Waals surface area (Å²) < 4.78 is 5.09. The number of benzene rings is 1. The fourth-order valence-corrected chi connectivity index (χ4v) is 2.68. The van der Waals surface area contributed by atoms with Crippen LogP contribution in [0, 0.1) is 5.92 Å². The molecule has 2 aromatic rings. The predicted molar refractivity (Wildman–Crippen MR) is 79.8 cm³/mol. The molecule has 0 bridgehead atoms. The largest absolute Gasteiger partial charge is 0.475 e. The molecule has 2 N–H and O–H groups in total. The van der Waals surface area contributed by atoms with E-state index in [2.05, 4.69) is 5.32 Å². The van der Waals surface area contributed by atoms with Crippen LogP contribution in [0.15, 0.2) is 40.8 Å². The van der Waals surface area contributed by atoms with Gasteiger partial charge in [0.25, 0.3) is 0 Å². The van der Waals surface area contributed by atoms with E-state index < -0.39 is 5.97 Å². The molecule has 1 aliphatic rings. The number of rotatable bonds is 5. The predicted octanol–water partition coefficient (Wildman–Crippen LogP) is 3.05. The zero-order chi connectivity index (χ0) is 15.7. The fourth-order valence-electron chi connectivity index (χ4n) is 2.48. The summed E-state index contributed by atoms with van der Waals surface area (Å²) in [6, 6.07) is 10.4. The summed E-state index contributed by atoms with van der Waals surface area (Å²) in [6.07, 6.45) is 0.796. The lowest BCUT2D eigenvalue weighted by molar-refractivity contribution is -0.122. The SMILES string of the molecule is O=C(O)c1ccc(CNC(=O)[C@@H]2C[C@@H]2c2cccc(Cl)c2)o1. The fraction of sp³-hybridized carbons (Fsp3) is 0.250. The van der Waals surface area contributed by atoms with Gasteiger partial charge >= 0.3 is 5.97 Å². The van der Waals surface area contributed by atoms with Crippen molar-refractivity contribution in [3.8, 4) is 0 Å². The van der Waals surface area contributed by atoms with Crippen LogP contribution in [0.3, 0.4) is 0 Å². The van der Waals surface area contributed by atoms with Crippen LogP contribution >= 0.6 is 11.6 Å². The van der Waals surface area contributed by atoms with E-state index >= 15 is 0 Å². The highest BCUT2D eigenvalue weighted by molar-refractivity contribution is 6.30. The first-order valence-electron chi connectivity index (χ1n) is 6.90. The molecule has 0 unspecified atom stereocenters. The number of halogens is 1. The normalized spacial score (nSPS) is 19.7. The van der Waals surface area contributed by atoms with Crippen molar-refractivity contribution in [3.05, 3.63) is 58.5 Å². The van der Waals surface area contributed by atoms with Crippen LogP contribution in [0.25, 0.3) is 0 Å². The van der Waals surface area contributed by atoms with Crippen LogP contribution in [0.1, 0.15) is 34.2 Å². The highest BCUT2D eigenvalue weighted by atomic mass is 35.5. The number of carbonyl (C=O) groups is 2. The molecule has 0 aliphatic heterocycles. The Bertz CT molecular complexity index is 724. The lowest BCUT2D eigenvalue weighted by Crippen LogP contribution is -2.24. The number of aromatic carboxylic acids is 1. The Labute approximate surface area is 131 Å². The molecule has 1 aliphatic carbocycles. The van der Waals surface area contributed by atoms with Gasteiger partial charge in [-0.2, -0.15) is 0 Å². The molecule has 114 valence electrons. The van der Waals surface area contributed by atoms with E-state index in [0.717, 1.165) is 12.0 Å². The van der Waals surface area contributed by atoms with E-state index in [9.17, 15) is 9.59 Å². The van der Waals surface area contributed by atoms with Gasteiger partial charge in [-0.15, -0.1) is 0 Å². The average Bonchev–Trinajstić information content (AvgIpc) is 3.15. The van der Waals surface area contributed by atoms with E-state index in [1.807, 2.05) is 18.2 Å². The molecule has 1 amide bonds. The van der Waals surface area contributed by atoms with Crippen molar-refractivity contribution in [2.75, 3.05) is 0 Å². The number of amides is 1. The van der Waals surface area contributed by atoms with Gasteiger partial charge < -0.3 is 14.8 Å². The quantitative estimate of drug-likeness (QED) is 0.887. The minimum atomic E-state index is -1.12. The van der Waals surface area contributed by atoms with E-state index in [1.165, 1.54) is 6.07 Å². The van der Waals surface area contributed by atoms with Crippen molar-refractivity contribution in [1.82, 2.24) is 5.32 Å². The van der Waals surface area contributed by atoms with E-state index in [0.29, 0.717) is 10.8 Å². The van der Waals surface area contributed by atoms with Crippen molar-refractivity contribution >= 4 is 23.5 Å². The number of nitrogens with one attached hydrogen (secondary N) is 1. The average molecular weight is 320 g/mol. The number of carbonyl (C=O) groups excluding carboxylic acids is 1. The van der Waals surface area contributed by atoms with E-state index in [1.54, 1.807) is 12.1 Å². The molecule has 3 rings (SSSR count). The van der Waals surface area contributed by atoms with Gasteiger partial charge in [-0.1, -0.05) is 23.7 Å². The molecular weight excluding hydrogens is 306 g/mol. The van der Waals surface area contributed by atoms with Gasteiger partial charge in [0.1, 0.15) is 5.76 Å². The Morgan fingerprint density at radius 2 is 2.14 bits per heavy atom. The second-order valence-electron chi connectivity index (χ2n) is 5.29. The van der Waals surface area contributed by atoms with Crippen LogP contribution in [0.2, 0.25) is 5.02 Å². The van der Waals surface area contributed by atoms with Gasteiger partial charge in [0.05, 0.1) is 6.54 Å². The van der Waals surface area contributed by atoms with Crippen molar-refractivity contribution < 1.29 is 19.1 Å². The second kappa shape index (κ2) is 5.85. The van der Waals surface area contributed by atoms with Crippen LogP contribution in [0.5, 0.6) is 0 Å². The summed E-state index contributed by atoms with van der Waals surface area (Å²) >= 11 is 5.95. The van der Waals surface area contributed by atoms with Crippen molar-refractivity contribution in [3.63, 3.8) is 0 Å². The molecule has 1 aromatic carbocycles. The first-order valence-corrected chi connectivity index (χ1v) is 7.27. The Balaban J connectivity index is 1.54. The summed E-state index contributed by atoms with van der Waals surface area (Å²) in [6.45, 7) is 0.185. The minimum Gasteiger partial charge on any atom is -0.475 e. The van der Waals surface area contributed by atoms with Crippen LogP contribution in [-0.2, 0) is 11.3 Å². The molecule has 5 nitrogen and oxygen atoms in total. The number of carboxylic acid groups (broad SMARTS) is 1. The highest BCUT2D eigenvalue weighted by Gasteiger charge is 2.43. The van der Waals surface area contributed by atoms with E-state index in [4.69, 9.17) is 21.1 Å². The molecule has 6 heteroatoms. The lowest BCUT2D eigenvalue weighted by atomic mass is 10.1. The number of carboxylic acids is 1. The maximum Gasteiger partial charge on any atom is 0.371 e. The molecule has 0 spiro atoms. The van der Waals surface area contributed by atoms with Gasteiger partial charge in [-0.3, -0.25) is 4.79 Å². The molecule has 0 radical (unpaired) electrons. The smallest absolute Gasteiger partial charge is 0.371 e. The Hall–Kier alpha value is -2.27. The first-order chi connectivity index (χ1) is 10.5. The van der Waals surface area contributed by atoms with Gasteiger partial charge in [-0.25, -0.2) is 4.79 Å². The maximum atomic E-state index is 12.1. The zero-order valence-electron chi connectivity index (χ0n) is 11.6. The van der Waals surface area contributed by atoms with Crippen LogP contribution < -0.4 is 5.32 Å². The third-order valence-electron chi connectivity index (χ3n) is 3.71. The van der Waals surface area contributed by atoms with Crippen molar-refractivity contribution in [2.24, 2.45) is 5.92 Å². The lowest BCUT2D eigenvalue weighted by Gasteiger charge is -2.03. The van der Waals surface area contributed by atoms with Crippen LogP contribution in [-0.4, -0.2) is 17.0 Å². The number of hydrogen-bond acceptors (Lipinski definition) is 3. The van der Waals surface area contributed by atoms with Gasteiger partial charge in [0.2, 0.25) is 11.7 Å². The summed E-state index contributed by atoms with van der Waals surface area (Å²) in [5.41, 5.74) is 1.07. The third-order valence-corrected chi connectivity index (χ3v) is 3.95. The number of hydrogen-bond donors (Lipinski definition) is 2. The molecule has 1 saturated carbocycles. The summed E-state index contributed by atoms with van der Waals surface area (Å²) in [5, 5.41) is 12.2. The highest BCUT2D eigenvalue weighted by Crippen LogP contribution is 2.47. The monoisotopic (exact) mass is 319 g/mol. The molecule has 1 aromatic heterocycles. The van der Waals surface area contributed by atoms with Crippen molar-refractivity contribution in [2.45, 2.75) is 18.9 Å². The molecule has 2 atom stereocenters. The summed E-state index contributed by atoms with van der Waals surface area (Å²) in [5.74, 6) is -0.755. The summed E-state index contributed by atoms with van der Waals surface area (Å²) in [7, 11) is 0. The molecule has 1 heterocycles. The van der Waals surface area contributed by atoms with Gasteiger partial charge in [0.15, 0.2) is 0 Å². The molecule has 0 saturated heterocycles. The Kier molecular flexibility index (Phi) is 3.90. The van der Waals surface area contributed by atoms with Gasteiger partial charge in [-0.05, 0) is 42.2 Å². The molecule has 22 heavy (non-hydrogen) atoms. The third kappa shape index (κ3) is 3.14. The maximum absolute atomic E-state index is 12.1. The Morgan fingerprint density at radius 1 is 1.32 bits per heavy atom. The van der Waals surface area contributed by atoms with Crippen molar-refractivity contribution in [1.29, 1.82) is 0 Å². The topological polar surface area (TPSA) is 79.5 Å². The van der Waals surface area contributed by atoms with Crippen LogP contribution in [0.4, 0.5) is 0 Å². The minimum absolute atomic E-state index is 0.0572. The number of furan rings is 1. The zero-order valence-corrected chi connectivity index (χ0v) is 12.3. The van der Waals surface area contributed by atoms with E-state index in [-0.39, 0.29) is 30.0 Å². The second-order valence-corrected chi connectivity index (χ2v) is 5.73. The van der Waals surface area contributed by atoms with Gasteiger partial charge in [0, 0.05) is 10.9 Å². The summed E-state index contributed by atoms with van der Waals surface area (Å²) in [4.78, 5) is 22.8. The first kappa shape index (κ1) is 14.7.